The van der Waals surface area contributed by atoms with E-state index in [1.54, 1.807) is 6.92 Å². The molecule has 0 atom stereocenters. The number of aryl methyl sites for hydroxylation is 1. The Bertz CT molecular complexity index is 443. The largest absolute Gasteiger partial charge is 0.288 e. The Morgan fingerprint density at radius 1 is 1.50 bits per heavy atom. The van der Waals surface area contributed by atoms with Crippen molar-refractivity contribution >= 4 is 32.8 Å². The molecular weight excluding hydrogens is 284 g/mol. The van der Waals surface area contributed by atoms with Crippen molar-refractivity contribution in [1.82, 2.24) is 0 Å². The molecule has 0 saturated heterocycles. The van der Waals surface area contributed by atoms with Gasteiger partial charge in [0, 0.05) is 29.1 Å². The third kappa shape index (κ3) is 4.87. The minimum atomic E-state index is 0.154. The Labute approximate surface area is 109 Å². The van der Waals surface area contributed by atoms with Crippen LogP contribution in [0.25, 0.3) is 0 Å². The smallest absolute Gasteiger partial charge is 0.185 e. The Morgan fingerprint density at radius 3 is 2.88 bits per heavy atom. The molecule has 1 rings (SSSR count). The Kier molecular flexibility index (Phi) is 5.65. The third-order valence-corrected chi connectivity index (χ3v) is 3.63. The minimum absolute atomic E-state index is 0.154. The van der Waals surface area contributed by atoms with E-state index in [0.29, 0.717) is 0 Å². The van der Waals surface area contributed by atoms with Crippen molar-refractivity contribution in [3.05, 3.63) is 33.8 Å². The molecule has 0 spiro atoms. The van der Waals surface area contributed by atoms with Crippen molar-refractivity contribution in [3.8, 4) is 11.8 Å². The molecule has 0 aromatic heterocycles. The first-order chi connectivity index (χ1) is 7.59. The van der Waals surface area contributed by atoms with Gasteiger partial charge in [-0.2, -0.15) is 0 Å². The monoisotopic (exact) mass is 296 g/mol. The summed E-state index contributed by atoms with van der Waals surface area (Å²) in [6.07, 6.45) is 0.749. The second kappa shape index (κ2) is 6.78. The predicted molar refractivity (Wildman–Crippen MR) is 73.5 cm³/mol. The lowest BCUT2D eigenvalue weighted by Crippen LogP contribution is -1.84. The zero-order valence-electron chi connectivity index (χ0n) is 9.34. The molecule has 1 nitrogen and oxygen atoms in total. The zero-order chi connectivity index (χ0) is 12.0. The Morgan fingerprint density at radius 2 is 2.25 bits per heavy atom. The van der Waals surface area contributed by atoms with Crippen LogP contribution in [-0.4, -0.2) is 10.9 Å². The number of carbonyl (C=O) groups excluding carboxylic acids is 1. The summed E-state index contributed by atoms with van der Waals surface area (Å²) in [5, 5.41) is 0.154. The molecule has 0 radical (unpaired) electrons. The van der Waals surface area contributed by atoms with Gasteiger partial charge in [0.05, 0.1) is 0 Å². The number of rotatable bonds is 2. The first kappa shape index (κ1) is 13.3. The van der Waals surface area contributed by atoms with Crippen LogP contribution in [0.15, 0.2) is 22.7 Å². The maximum Gasteiger partial charge on any atom is 0.185 e. The molecule has 0 aliphatic carbocycles. The molecule has 0 unspecified atom stereocenters. The summed E-state index contributed by atoms with van der Waals surface area (Å²) < 4.78 is 1.10. The van der Waals surface area contributed by atoms with Crippen LogP contribution in [0, 0.1) is 18.8 Å². The highest BCUT2D eigenvalue weighted by atomic mass is 79.9. The molecule has 0 amide bonds. The van der Waals surface area contributed by atoms with Gasteiger partial charge in [-0.3, -0.25) is 4.79 Å². The van der Waals surface area contributed by atoms with Crippen LogP contribution in [-0.2, 0) is 4.79 Å². The van der Waals surface area contributed by atoms with Crippen LogP contribution in [0.3, 0.4) is 0 Å². The first-order valence-electron chi connectivity index (χ1n) is 4.98. The standard InChI is InChI=1S/C13H13BrOS/c1-10-9-12(6-7-13(10)14)5-3-4-8-16-11(2)15/h6-7,9H,4,8H2,1-2H3. The number of hydrogen-bond acceptors (Lipinski definition) is 2. The SMILES string of the molecule is CC(=O)SCCC#Cc1ccc(Br)c(C)c1. The molecule has 0 bridgehead atoms. The van der Waals surface area contributed by atoms with E-state index < -0.39 is 0 Å². The van der Waals surface area contributed by atoms with Crippen LogP contribution < -0.4 is 0 Å². The van der Waals surface area contributed by atoms with Gasteiger partial charge in [0.25, 0.3) is 0 Å². The van der Waals surface area contributed by atoms with E-state index >= 15 is 0 Å². The van der Waals surface area contributed by atoms with Gasteiger partial charge < -0.3 is 0 Å². The van der Waals surface area contributed by atoms with E-state index in [-0.39, 0.29) is 5.12 Å². The fraction of sp³-hybridized carbons (Fsp3) is 0.308. The molecule has 0 heterocycles. The van der Waals surface area contributed by atoms with Gasteiger partial charge in [0.2, 0.25) is 0 Å². The summed E-state index contributed by atoms with van der Waals surface area (Å²) in [6.45, 7) is 3.62. The molecule has 84 valence electrons. The van der Waals surface area contributed by atoms with Crippen LogP contribution in [0.5, 0.6) is 0 Å². The summed E-state index contributed by atoms with van der Waals surface area (Å²) in [5.74, 6) is 6.93. The quantitative estimate of drug-likeness (QED) is 0.610. The molecule has 0 fully saturated rings. The fourth-order valence-corrected chi connectivity index (χ4v) is 1.87. The van der Waals surface area contributed by atoms with Gasteiger partial charge in [-0.25, -0.2) is 0 Å². The van der Waals surface area contributed by atoms with Crippen LogP contribution in [0.2, 0.25) is 0 Å². The molecule has 0 saturated carbocycles. The molecule has 0 aliphatic heterocycles. The lowest BCUT2D eigenvalue weighted by molar-refractivity contribution is -0.109. The van der Waals surface area contributed by atoms with Crippen molar-refractivity contribution in [1.29, 1.82) is 0 Å². The van der Waals surface area contributed by atoms with E-state index in [1.165, 1.54) is 17.3 Å². The van der Waals surface area contributed by atoms with Gasteiger partial charge in [0.1, 0.15) is 0 Å². The summed E-state index contributed by atoms with van der Waals surface area (Å²) in [6, 6.07) is 6.04. The molecule has 16 heavy (non-hydrogen) atoms. The maximum absolute atomic E-state index is 10.7. The Balaban J connectivity index is 2.50. The van der Waals surface area contributed by atoms with E-state index in [1.807, 2.05) is 19.1 Å². The third-order valence-electron chi connectivity index (χ3n) is 1.92. The minimum Gasteiger partial charge on any atom is -0.288 e. The predicted octanol–water partition coefficient (Wildman–Crippen LogP) is 3.78. The van der Waals surface area contributed by atoms with Crippen molar-refractivity contribution in [2.24, 2.45) is 0 Å². The molecule has 0 aliphatic rings. The number of hydrogen-bond donors (Lipinski definition) is 0. The maximum atomic E-state index is 10.7. The second-order valence-corrected chi connectivity index (χ2v) is 5.48. The van der Waals surface area contributed by atoms with Crippen molar-refractivity contribution in [3.63, 3.8) is 0 Å². The first-order valence-corrected chi connectivity index (χ1v) is 6.76. The number of benzene rings is 1. The molecular formula is C13H13BrOS. The molecule has 3 heteroatoms. The normalized spacial score (nSPS) is 9.44. The van der Waals surface area contributed by atoms with Crippen molar-refractivity contribution in [2.75, 3.05) is 5.75 Å². The number of halogens is 1. The van der Waals surface area contributed by atoms with Gasteiger partial charge in [0.15, 0.2) is 5.12 Å². The molecule has 0 N–H and O–H groups in total. The van der Waals surface area contributed by atoms with Crippen molar-refractivity contribution < 1.29 is 4.79 Å². The van der Waals surface area contributed by atoms with Crippen LogP contribution in [0.1, 0.15) is 24.5 Å². The second-order valence-electron chi connectivity index (χ2n) is 3.36. The van der Waals surface area contributed by atoms with E-state index in [4.69, 9.17) is 0 Å². The van der Waals surface area contributed by atoms with Crippen molar-refractivity contribution in [2.45, 2.75) is 20.3 Å². The molecule has 1 aromatic rings. The average molecular weight is 297 g/mol. The highest BCUT2D eigenvalue weighted by Gasteiger charge is 1.94. The lowest BCUT2D eigenvalue weighted by Gasteiger charge is -1.97. The summed E-state index contributed by atoms with van der Waals surface area (Å²) >= 11 is 4.77. The van der Waals surface area contributed by atoms with Gasteiger partial charge in [-0.05, 0) is 30.7 Å². The fourth-order valence-electron chi connectivity index (χ4n) is 1.13. The number of carbonyl (C=O) groups is 1. The van der Waals surface area contributed by atoms with Gasteiger partial charge in [-0.1, -0.05) is 39.5 Å². The highest BCUT2D eigenvalue weighted by molar-refractivity contribution is 9.10. The van der Waals surface area contributed by atoms with Crippen LogP contribution >= 0.6 is 27.7 Å². The number of thioether (sulfide) groups is 1. The lowest BCUT2D eigenvalue weighted by atomic mass is 10.1. The summed E-state index contributed by atoms with van der Waals surface area (Å²) in [5.41, 5.74) is 2.21. The zero-order valence-corrected chi connectivity index (χ0v) is 11.7. The highest BCUT2D eigenvalue weighted by Crippen LogP contribution is 2.16. The van der Waals surface area contributed by atoms with Gasteiger partial charge in [-0.15, -0.1) is 0 Å². The average Bonchev–Trinajstić information content (AvgIpc) is 2.22. The van der Waals surface area contributed by atoms with E-state index in [9.17, 15) is 4.79 Å². The van der Waals surface area contributed by atoms with Gasteiger partial charge >= 0.3 is 0 Å². The summed E-state index contributed by atoms with van der Waals surface area (Å²) in [4.78, 5) is 10.7. The molecule has 1 aromatic carbocycles. The van der Waals surface area contributed by atoms with Crippen LogP contribution in [0.4, 0.5) is 0 Å². The Hall–Kier alpha value is -0.720. The topological polar surface area (TPSA) is 17.1 Å². The summed E-state index contributed by atoms with van der Waals surface area (Å²) in [7, 11) is 0. The van der Waals surface area contributed by atoms with E-state index in [0.717, 1.165) is 22.2 Å². The van der Waals surface area contributed by atoms with E-state index in [2.05, 4.69) is 33.8 Å².